The van der Waals surface area contributed by atoms with Gasteiger partial charge in [-0.05, 0) is 24.1 Å². The fraction of sp³-hybridized carbons (Fsp3) is 0.385. The zero-order valence-electron chi connectivity index (χ0n) is 10.9. The first-order valence-electron chi connectivity index (χ1n) is 5.46. The van der Waals surface area contributed by atoms with Crippen molar-refractivity contribution in [1.29, 1.82) is 0 Å². The van der Waals surface area contributed by atoms with Crippen molar-refractivity contribution in [2.24, 2.45) is 0 Å². The third-order valence-electron chi connectivity index (χ3n) is 2.58. The molecule has 0 spiro atoms. The van der Waals surface area contributed by atoms with Crippen LogP contribution in [0.3, 0.4) is 0 Å². The predicted octanol–water partition coefficient (Wildman–Crippen LogP) is 1.83. The van der Waals surface area contributed by atoms with Gasteiger partial charge < -0.3 is 14.2 Å². The van der Waals surface area contributed by atoms with E-state index in [1.165, 1.54) is 21.3 Å². The number of carbonyl (C=O) groups excluding carboxylic acids is 2. The Labute approximate surface area is 106 Å². The molecule has 18 heavy (non-hydrogen) atoms. The van der Waals surface area contributed by atoms with Gasteiger partial charge in [-0.1, -0.05) is 6.92 Å². The Kier molecular flexibility index (Phi) is 4.71. The van der Waals surface area contributed by atoms with Crippen molar-refractivity contribution in [3.8, 4) is 5.75 Å². The largest absolute Gasteiger partial charge is 0.496 e. The molecule has 98 valence electrons. The Morgan fingerprint density at radius 1 is 1.06 bits per heavy atom. The summed E-state index contributed by atoms with van der Waals surface area (Å²) in [5, 5.41) is 0. The second-order valence-electron chi connectivity index (χ2n) is 3.56. The Morgan fingerprint density at radius 3 is 2.11 bits per heavy atom. The summed E-state index contributed by atoms with van der Waals surface area (Å²) in [5.74, 6) is -0.916. The number of hydrogen-bond acceptors (Lipinski definition) is 5. The van der Waals surface area contributed by atoms with Crippen molar-refractivity contribution < 1.29 is 23.8 Å². The molecule has 0 fully saturated rings. The van der Waals surface area contributed by atoms with Crippen LogP contribution in [0.4, 0.5) is 0 Å². The fourth-order valence-corrected chi connectivity index (χ4v) is 1.62. The molecule has 0 N–H and O–H groups in total. The summed E-state index contributed by atoms with van der Waals surface area (Å²) in [4.78, 5) is 23.4. The molecule has 0 saturated carbocycles. The minimum Gasteiger partial charge on any atom is -0.496 e. The highest BCUT2D eigenvalue weighted by Crippen LogP contribution is 2.26. The summed E-state index contributed by atoms with van der Waals surface area (Å²) in [6, 6.07) is 3.32. The number of methoxy groups -OCH3 is 3. The molecular formula is C13H16O5. The minimum absolute atomic E-state index is 0.0871. The normalized spacial score (nSPS) is 9.78. The molecule has 5 heteroatoms. The maximum absolute atomic E-state index is 11.7. The first kappa shape index (κ1) is 14.0. The van der Waals surface area contributed by atoms with Crippen LogP contribution in [-0.2, 0) is 15.9 Å². The summed E-state index contributed by atoms with van der Waals surface area (Å²) < 4.78 is 14.5. The van der Waals surface area contributed by atoms with E-state index in [9.17, 15) is 9.59 Å². The van der Waals surface area contributed by atoms with Gasteiger partial charge in [-0.2, -0.15) is 0 Å². The molecule has 0 aliphatic heterocycles. The SMILES string of the molecule is CCc1cc(OC)c(C(=O)OC)c(C(=O)OC)c1. The van der Waals surface area contributed by atoms with E-state index in [0.29, 0.717) is 12.2 Å². The quantitative estimate of drug-likeness (QED) is 0.765. The van der Waals surface area contributed by atoms with E-state index in [2.05, 4.69) is 9.47 Å². The molecule has 1 aromatic carbocycles. The first-order chi connectivity index (χ1) is 8.58. The van der Waals surface area contributed by atoms with Crippen LogP contribution in [-0.4, -0.2) is 33.3 Å². The molecule has 0 radical (unpaired) electrons. The van der Waals surface area contributed by atoms with Gasteiger partial charge in [0.05, 0.1) is 26.9 Å². The van der Waals surface area contributed by atoms with Gasteiger partial charge in [0.25, 0.3) is 0 Å². The lowest BCUT2D eigenvalue weighted by atomic mass is 10.0. The molecule has 1 rings (SSSR count). The van der Waals surface area contributed by atoms with Crippen LogP contribution in [0, 0.1) is 0 Å². The van der Waals surface area contributed by atoms with Crippen LogP contribution in [0.5, 0.6) is 5.75 Å². The number of carbonyl (C=O) groups is 2. The van der Waals surface area contributed by atoms with E-state index < -0.39 is 11.9 Å². The van der Waals surface area contributed by atoms with Gasteiger partial charge in [0, 0.05) is 0 Å². The second-order valence-corrected chi connectivity index (χ2v) is 3.56. The van der Waals surface area contributed by atoms with Crippen molar-refractivity contribution in [1.82, 2.24) is 0 Å². The van der Waals surface area contributed by atoms with Crippen molar-refractivity contribution in [2.45, 2.75) is 13.3 Å². The molecule has 0 aromatic heterocycles. The number of hydrogen-bond donors (Lipinski definition) is 0. The van der Waals surface area contributed by atoms with Crippen LogP contribution in [0.25, 0.3) is 0 Å². The van der Waals surface area contributed by atoms with Gasteiger partial charge in [-0.25, -0.2) is 9.59 Å². The van der Waals surface area contributed by atoms with E-state index >= 15 is 0 Å². The van der Waals surface area contributed by atoms with Gasteiger partial charge in [-0.15, -0.1) is 0 Å². The number of aryl methyl sites for hydroxylation is 1. The Hall–Kier alpha value is -2.04. The van der Waals surface area contributed by atoms with Gasteiger partial charge in [0.1, 0.15) is 11.3 Å². The molecule has 0 aliphatic rings. The number of ether oxygens (including phenoxy) is 3. The Morgan fingerprint density at radius 2 is 1.67 bits per heavy atom. The van der Waals surface area contributed by atoms with Crippen LogP contribution in [0.15, 0.2) is 12.1 Å². The third-order valence-corrected chi connectivity index (χ3v) is 2.58. The van der Waals surface area contributed by atoms with Gasteiger partial charge >= 0.3 is 11.9 Å². The zero-order chi connectivity index (χ0) is 13.7. The summed E-state index contributed by atoms with van der Waals surface area (Å²) in [7, 11) is 3.94. The zero-order valence-corrected chi connectivity index (χ0v) is 10.9. The van der Waals surface area contributed by atoms with Crippen LogP contribution in [0.1, 0.15) is 33.2 Å². The van der Waals surface area contributed by atoms with Crippen LogP contribution >= 0.6 is 0 Å². The first-order valence-corrected chi connectivity index (χ1v) is 5.46. The summed E-state index contributed by atoms with van der Waals surface area (Å²) in [6.07, 6.45) is 0.710. The highest BCUT2D eigenvalue weighted by molar-refractivity contribution is 6.05. The number of benzene rings is 1. The summed E-state index contributed by atoms with van der Waals surface area (Å²) in [6.45, 7) is 1.94. The summed E-state index contributed by atoms with van der Waals surface area (Å²) in [5.41, 5.74) is 1.12. The highest BCUT2D eigenvalue weighted by atomic mass is 16.5. The molecule has 0 aliphatic carbocycles. The monoisotopic (exact) mass is 252 g/mol. The lowest BCUT2D eigenvalue weighted by Crippen LogP contribution is -2.14. The standard InChI is InChI=1S/C13H16O5/c1-5-8-6-9(12(14)17-3)11(13(15)18-4)10(7-8)16-2/h6-7H,5H2,1-4H3. The van der Waals surface area contributed by atoms with Crippen molar-refractivity contribution in [2.75, 3.05) is 21.3 Å². The van der Waals surface area contributed by atoms with Gasteiger partial charge in [-0.3, -0.25) is 0 Å². The van der Waals surface area contributed by atoms with Crippen LogP contribution < -0.4 is 4.74 Å². The van der Waals surface area contributed by atoms with E-state index in [0.717, 1.165) is 5.56 Å². The molecule has 0 heterocycles. The molecule has 0 unspecified atom stereocenters. The molecule has 5 nitrogen and oxygen atoms in total. The van der Waals surface area contributed by atoms with E-state index in [1.807, 2.05) is 6.92 Å². The fourth-order valence-electron chi connectivity index (χ4n) is 1.62. The third kappa shape index (κ3) is 2.61. The van der Waals surface area contributed by atoms with Crippen LogP contribution in [0.2, 0.25) is 0 Å². The second kappa shape index (κ2) is 6.05. The van der Waals surface area contributed by atoms with E-state index in [4.69, 9.17) is 4.74 Å². The Balaban J connectivity index is 3.51. The van der Waals surface area contributed by atoms with Crippen molar-refractivity contribution >= 4 is 11.9 Å². The highest BCUT2D eigenvalue weighted by Gasteiger charge is 2.24. The topological polar surface area (TPSA) is 61.8 Å². The molecule has 0 saturated heterocycles. The predicted molar refractivity (Wildman–Crippen MR) is 65.1 cm³/mol. The molecule has 0 amide bonds. The van der Waals surface area contributed by atoms with Crippen molar-refractivity contribution in [3.63, 3.8) is 0 Å². The number of esters is 2. The number of rotatable bonds is 4. The van der Waals surface area contributed by atoms with Gasteiger partial charge in [0.15, 0.2) is 0 Å². The van der Waals surface area contributed by atoms with Gasteiger partial charge in [0.2, 0.25) is 0 Å². The molecule has 1 aromatic rings. The Bertz CT molecular complexity index is 465. The smallest absolute Gasteiger partial charge is 0.342 e. The maximum atomic E-state index is 11.7. The summed E-state index contributed by atoms with van der Waals surface area (Å²) >= 11 is 0. The molecule has 0 atom stereocenters. The lowest BCUT2D eigenvalue weighted by molar-refractivity contribution is 0.0552. The van der Waals surface area contributed by atoms with E-state index in [-0.39, 0.29) is 11.1 Å². The molecular weight excluding hydrogens is 236 g/mol. The van der Waals surface area contributed by atoms with Crippen molar-refractivity contribution in [3.05, 3.63) is 28.8 Å². The maximum Gasteiger partial charge on any atom is 0.342 e. The minimum atomic E-state index is -0.630. The van der Waals surface area contributed by atoms with E-state index in [1.54, 1.807) is 12.1 Å². The average molecular weight is 252 g/mol. The molecule has 0 bridgehead atoms. The average Bonchev–Trinajstić information content (AvgIpc) is 2.43. The lowest BCUT2D eigenvalue weighted by Gasteiger charge is -2.13.